The van der Waals surface area contributed by atoms with Crippen LogP contribution in [0.25, 0.3) is 0 Å². The number of fused-ring (bicyclic) bond motifs is 1. The Morgan fingerprint density at radius 3 is 2.93 bits per heavy atom. The van der Waals surface area contributed by atoms with E-state index in [2.05, 4.69) is 10.3 Å². The first kappa shape index (κ1) is 17.5. The fourth-order valence-corrected chi connectivity index (χ4v) is 3.58. The van der Waals surface area contributed by atoms with Gasteiger partial charge in [-0.15, -0.1) is 0 Å². The number of rotatable bonds is 3. The molecule has 0 bridgehead atoms. The van der Waals surface area contributed by atoms with Crippen LogP contribution in [0, 0.1) is 0 Å². The van der Waals surface area contributed by atoms with E-state index in [1.54, 1.807) is 18.3 Å². The van der Waals surface area contributed by atoms with Crippen LogP contribution in [-0.4, -0.2) is 42.8 Å². The summed E-state index contributed by atoms with van der Waals surface area (Å²) in [6.45, 7) is 2.01. The molecule has 0 radical (unpaired) electrons. The molecule has 1 aromatic carbocycles. The zero-order valence-corrected chi connectivity index (χ0v) is 15.3. The molecule has 0 aliphatic carbocycles. The van der Waals surface area contributed by atoms with Gasteiger partial charge in [0.15, 0.2) is 11.5 Å². The number of urea groups is 1. The molecule has 2 amide bonds. The van der Waals surface area contributed by atoms with E-state index in [1.807, 2.05) is 23.1 Å². The van der Waals surface area contributed by atoms with Crippen molar-refractivity contribution >= 4 is 11.7 Å². The quantitative estimate of drug-likeness (QED) is 0.895. The molecule has 1 atom stereocenters. The largest absolute Gasteiger partial charge is 0.490 e. The Morgan fingerprint density at radius 2 is 2.07 bits per heavy atom. The lowest BCUT2D eigenvalue weighted by molar-refractivity contribution is 0.206. The number of aromatic nitrogens is 1. The normalized spacial score (nSPS) is 18.7. The highest BCUT2D eigenvalue weighted by Crippen LogP contribution is 2.38. The molecule has 2 aliphatic heterocycles. The molecule has 1 aromatic heterocycles. The Bertz CT molecular complexity index is 827. The van der Waals surface area contributed by atoms with Gasteiger partial charge in [-0.25, -0.2) is 9.78 Å². The van der Waals surface area contributed by atoms with E-state index in [1.165, 1.54) is 7.11 Å². The summed E-state index contributed by atoms with van der Waals surface area (Å²) in [7, 11) is 1.54. The van der Waals surface area contributed by atoms with E-state index < -0.39 is 0 Å². The van der Waals surface area contributed by atoms with Gasteiger partial charge in [0.2, 0.25) is 5.88 Å². The second kappa shape index (κ2) is 7.73. The second-order valence-corrected chi connectivity index (χ2v) is 6.60. The Hall–Kier alpha value is -2.96. The molecule has 1 saturated heterocycles. The zero-order chi connectivity index (χ0) is 18.6. The predicted octanol–water partition coefficient (Wildman–Crippen LogP) is 3.62. The Kier molecular flexibility index (Phi) is 5.00. The van der Waals surface area contributed by atoms with E-state index in [9.17, 15) is 4.79 Å². The topological polar surface area (TPSA) is 72.9 Å². The Morgan fingerprint density at radius 1 is 1.22 bits per heavy atom. The van der Waals surface area contributed by atoms with Crippen molar-refractivity contribution in [2.24, 2.45) is 0 Å². The number of anilines is 1. The number of hydrogen-bond acceptors (Lipinski definition) is 5. The van der Waals surface area contributed by atoms with Crippen molar-refractivity contribution in [2.45, 2.75) is 25.3 Å². The van der Waals surface area contributed by atoms with Gasteiger partial charge in [0.1, 0.15) is 5.69 Å². The average molecular weight is 369 g/mol. The number of hydrogen-bond donors (Lipinski definition) is 1. The van der Waals surface area contributed by atoms with Crippen LogP contribution in [0.2, 0.25) is 0 Å². The van der Waals surface area contributed by atoms with Crippen molar-refractivity contribution in [1.29, 1.82) is 0 Å². The minimum absolute atomic E-state index is 0.00446. The van der Waals surface area contributed by atoms with Crippen LogP contribution < -0.4 is 19.5 Å². The third kappa shape index (κ3) is 3.63. The highest BCUT2D eigenvalue weighted by molar-refractivity contribution is 5.91. The smallest absolute Gasteiger partial charge is 0.322 e. The summed E-state index contributed by atoms with van der Waals surface area (Å²) in [4.78, 5) is 18.9. The monoisotopic (exact) mass is 369 g/mol. The van der Waals surface area contributed by atoms with Crippen molar-refractivity contribution in [3.63, 3.8) is 0 Å². The molecule has 4 rings (SSSR count). The molecule has 1 fully saturated rings. The molecule has 7 heteroatoms. The first-order chi connectivity index (χ1) is 13.3. The second-order valence-electron chi connectivity index (χ2n) is 6.60. The number of nitrogens with one attached hydrogen (secondary N) is 1. The van der Waals surface area contributed by atoms with Gasteiger partial charge in [-0.2, -0.15) is 0 Å². The maximum absolute atomic E-state index is 12.9. The van der Waals surface area contributed by atoms with Crippen LogP contribution in [0.5, 0.6) is 17.4 Å². The maximum atomic E-state index is 12.9. The van der Waals surface area contributed by atoms with Crippen molar-refractivity contribution in [2.75, 3.05) is 32.2 Å². The van der Waals surface area contributed by atoms with Crippen LogP contribution in [0.1, 0.15) is 30.9 Å². The first-order valence-electron chi connectivity index (χ1n) is 9.22. The molecule has 1 N–H and O–H groups in total. The number of pyridine rings is 1. The zero-order valence-electron chi connectivity index (χ0n) is 15.3. The molecule has 0 spiro atoms. The standard InChI is InChI=1S/C20H23N3O4/c1-25-19-15(5-2-9-21-19)22-20(24)23-10-3-6-16(23)14-7-8-17-18(13-14)27-12-4-11-26-17/h2,5,7-9,13,16H,3-4,6,10-12H2,1H3,(H,22,24)/t16-/m0/s1. The molecular weight excluding hydrogens is 346 g/mol. The van der Waals surface area contributed by atoms with Gasteiger partial charge >= 0.3 is 6.03 Å². The summed E-state index contributed by atoms with van der Waals surface area (Å²) in [5.41, 5.74) is 1.62. The Labute approximate surface area is 158 Å². The summed E-state index contributed by atoms with van der Waals surface area (Å²) >= 11 is 0. The van der Waals surface area contributed by atoms with Gasteiger partial charge in [-0.3, -0.25) is 0 Å². The van der Waals surface area contributed by atoms with Gasteiger partial charge in [0, 0.05) is 19.2 Å². The SMILES string of the molecule is COc1ncccc1NC(=O)N1CCC[C@H]1c1ccc2c(c1)OCCCO2. The fourth-order valence-electron chi connectivity index (χ4n) is 3.58. The maximum Gasteiger partial charge on any atom is 0.322 e. The number of carbonyl (C=O) groups is 1. The number of ether oxygens (including phenoxy) is 3. The molecule has 3 heterocycles. The lowest BCUT2D eigenvalue weighted by Gasteiger charge is -2.26. The van der Waals surface area contributed by atoms with Gasteiger partial charge in [-0.1, -0.05) is 6.07 Å². The van der Waals surface area contributed by atoms with Gasteiger partial charge in [0.25, 0.3) is 0 Å². The van der Waals surface area contributed by atoms with Crippen LogP contribution >= 0.6 is 0 Å². The number of carbonyl (C=O) groups excluding carboxylic acids is 1. The van der Waals surface area contributed by atoms with E-state index in [0.29, 0.717) is 31.3 Å². The number of likely N-dealkylation sites (tertiary alicyclic amines) is 1. The van der Waals surface area contributed by atoms with Crippen LogP contribution in [0.15, 0.2) is 36.5 Å². The Balaban J connectivity index is 1.53. The molecule has 7 nitrogen and oxygen atoms in total. The number of nitrogens with zero attached hydrogens (tertiary/aromatic N) is 2. The summed E-state index contributed by atoms with van der Waals surface area (Å²) in [6, 6.07) is 9.36. The van der Waals surface area contributed by atoms with Crippen molar-refractivity contribution in [1.82, 2.24) is 9.88 Å². The summed E-state index contributed by atoms with van der Waals surface area (Å²) in [5.74, 6) is 1.92. The van der Waals surface area contributed by atoms with E-state index in [0.717, 1.165) is 36.3 Å². The minimum Gasteiger partial charge on any atom is -0.490 e. The average Bonchev–Trinajstić information content (AvgIpc) is 3.07. The van der Waals surface area contributed by atoms with E-state index in [4.69, 9.17) is 14.2 Å². The number of methoxy groups -OCH3 is 1. The third-order valence-electron chi connectivity index (χ3n) is 4.88. The van der Waals surface area contributed by atoms with Crippen molar-refractivity contribution < 1.29 is 19.0 Å². The highest BCUT2D eigenvalue weighted by atomic mass is 16.5. The molecule has 0 unspecified atom stereocenters. The van der Waals surface area contributed by atoms with Gasteiger partial charge in [-0.05, 0) is 42.7 Å². The van der Waals surface area contributed by atoms with Crippen molar-refractivity contribution in [3.05, 3.63) is 42.1 Å². The molecule has 27 heavy (non-hydrogen) atoms. The summed E-state index contributed by atoms with van der Waals surface area (Å²) in [6.07, 6.45) is 4.37. The molecule has 0 saturated carbocycles. The summed E-state index contributed by atoms with van der Waals surface area (Å²) in [5, 5.41) is 2.92. The van der Waals surface area contributed by atoms with Crippen LogP contribution in [0.3, 0.4) is 0 Å². The highest BCUT2D eigenvalue weighted by Gasteiger charge is 2.31. The van der Waals surface area contributed by atoms with Gasteiger partial charge in [0.05, 0.1) is 26.4 Å². The van der Waals surface area contributed by atoms with E-state index >= 15 is 0 Å². The van der Waals surface area contributed by atoms with Crippen molar-refractivity contribution in [3.8, 4) is 17.4 Å². The lowest BCUT2D eigenvalue weighted by atomic mass is 10.0. The minimum atomic E-state index is -0.157. The fraction of sp³-hybridized carbons (Fsp3) is 0.400. The first-order valence-corrected chi connectivity index (χ1v) is 9.22. The molecule has 2 aromatic rings. The van der Waals surface area contributed by atoms with Gasteiger partial charge < -0.3 is 24.4 Å². The molecule has 142 valence electrons. The lowest BCUT2D eigenvalue weighted by Crippen LogP contribution is -2.34. The number of amides is 2. The summed E-state index contributed by atoms with van der Waals surface area (Å²) < 4.78 is 16.7. The van der Waals surface area contributed by atoms with E-state index in [-0.39, 0.29) is 12.1 Å². The van der Waals surface area contributed by atoms with Crippen LogP contribution in [-0.2, 0) is 0 Å². The molecular formula is C20H23N3O4. The van der Waals surface area contributed by atoms with Crippen LogP contribution in [0.4, 0.5) is 10.5 Å². The molecule has 2 aliphatic rings. The predicted molar refractivity (Wildman–Crippen MR) is 101 cm³/mol. The number of benzene rings is 1. The third-order valence-corrected chi connectivity index (χ3v) is 4.88.